The fourth-order valence-electron chi connectivity index (χ4n) is 2.78. The molecular weight excluding hydrogens is 354 g/mol. The van der Waals surface area contributed by atoms with Crippen LogP contribution in [0.4, 0.5) is 0 Å². The largest absolute Gasteiger partial charge is 0.480 e. The number of para-hydroxylation sites is 1. The molecular formula is C18H23N3O4S. The van der Waals surface area contributed by atoms with E-state index in [2.05, 4.69) is 10.3 Å². The van der Waals surface area contributed by atoms with E-state index >= 15 is 0 Å². The number of benzene rings is 1. The van der Waals surface area contributed by atoms with Gasteiger partial charge in [0.1, 0.15) is 12.1 Å². The van der Waals surface area contributed by atoms with Gasteiger partial charge in [0.15, 0.2) is 0 Å². The lowest BCUT2D eigenvalue weighted by Gasteiger charge is -2.24. The second kappa shape index (κ2) is 8.84. The zero-order valence-corrected chi connectivity index (χ0v) is 15.8. The molecule has 0 aliphatic carbocycles. The van der Waals surface area contributed by atoms with Crippen LogP contribution >= 0.6 is 11.8 Å². The molecule has 0 saturated heterocycles. The number of thioether (sulfide) groups is 1. The first-order chi connectivity index (χ1) is 12.4. The Morgan fingerprint density at radius 1 is 1.31 bits per heavy atom. The monoisotopic (exact) mass is 377 g/mol. The number of carbonyl (C=O) groups is 2. The minimum atomic E-state index is -1.08. The number of aromatic nitrogens is 2. The average Bonchev–Trinajstić information content (AvgIpc) is 2.60. The van der Waals surface area contributed by atoms with Gasteiger partial charge in [0.05, 0.1) is 17.2 Å². The van der Waals surface area contributed by atoms with E-state index in [4.69, 9.17) is 0 Å². The van der Waals surface area contributed by atoms with E-state index in [1.165, 1.54) is 22.7 Å². The maximum Gasteiger partial charge on any atom is 0.326 e. The SMILES string of the molecule is CSCC[C@H](NC(=O)[C@H](C(C)C)n1cnc2ccccc2c1=O)C(=O)O. The number of nitrogens with zero attached hydrogens (tertiary/aromatic N) is 2. The Hall–Kier alpha value is -2.35. The zero-order valence-electron chi connectivity index (χ0n) is 15.0. The number of rotatable bonds is 8. The number of fused-ring (bicyclic) bond motifs is 1. The predicted molar refractivity (Wildman–Crippen MR) is 102 cm³/mol. The zero-order chi connectivity index (χ0) is 19.3. The highest BCUT2D eigenvalue weighted by Crippen LogP contribution is 2.18. The lowest BCUT2D eigenvalue weighted by molar-refractivity contribution is -0.142. The first-order valence-corrected chi connectivity index (χ1v) is 9.74. The molecule has 8 heteroatoms. The molecule has 0 aliphatic heterocycles. The molecule has 2 atom stereocenters. The molecule has 0 radical (unpaired) electrons. The number of hydrogen-bond acceptors (Lipinski definition) is 5. The second-order valence-corrected chi connectivity index (χ2v) is 7.33. The maximum absolute atomic E-state index is 12.8. The number of carboxylic acids is 1. The Morgan fingerprint density at radius 2 is 2.00 bits per heavy atom. The van der Waals surface area contributed by atoms with E-state index in [0.29, 0.717) is 23.1 Å². The number of nitrogens with one attached hydrogen (secondary N) is 1. The van der Waals surface area contributed by atoms with Crippen molar-refractivity contribution in [3.8, 4) is 0 Å². The summed E-state index contributed by atoms with van der Waals surface area (Å²) in [7, 11) is 0. The summed E-state index contributed by atoms with van der Waals surface area (Å²) in [4.78, 5) is 41.2. The van der Waals surface area contributed by atoms with Crippen LogP contribution in [0, 0.1) is 5.92 Å². The van der Waals surface area contributed by atoms with Gasteiger partial charge in [-0.1, -0.05) is 26.0 Å². The standard InChI is InChI=1S/C18H23N3O4S/c1-11(2)15(16(22)20-14(18(24)25)8-9-26-3)21-10-19-13-7-5-4-6-12(13)17(21)23/h4-7,10-11,14-15H,8-9H2,1-3H3,(H,20,22)(H,24,25)/t14-,15-/m0/s1. The van der Waals surface area contributed by atoms with Crippen molar-refractivity contribution in [3.63, 3.8) is 0 Å². The minimum absolute atomic E-state index is 0.217. The molecule has 140 valence electrons. The van der Waals surface area contributed by atoms with E-state index in [1.807, 2.05) is 20.1 Å². The van der Waals surface area contributed by atoms with E-state index in [9.17, 15) is 19.5 Å². The molecule has 7 nitrogen and oxygen atoms in total. The summed E-state index contributed by atoms with van der Waals surface area (Å²) in [6.45, 7) is 3.62. The summed E-state index contributed by atoms with van der Waals surface area (Å²) >= 11 is 1.51. The highest BCUT2D eigenvalue weighted by atomic mass is 32.2. The molecule has 1 heterocycles. The highest BCUT2D eigenvalue weighted by molar-refractivity contribution is 7.98. The fraction of sp³-hybridized carbons (Fsp3) is 0.444. The molecule has 1 aromatic carbocycles. The van der Waals surface area contributed by atoms with Gasteiger partial charge in [-0.05, 0) is 36.5 Å². The highest BCUT2D eigenvalue weighted by Gasteiger charge is 2.29. The number of amides is 1. The van der Waals surface area contributed by atoms with E-state index in [-0.39, 0.29) is 11.5 Å². The molecule has 2 rings (SSSR count). The summed E-state index contributed by atoms with van der Waals surface area (Å²) in [5, 5.41) is 12.3. The smallest absolute Gasteiger partial charge is 0.326 e. The number of aliphatic carboxylic acids is 1. The van der Waals surface area contributed by atoms with Gasteiger partial charge in [0, 0.05) is 0 Å². The van der Waals surface area contributed by atoms with Crippen molar-refractivity contribution in [2.75, 3.05) is 12.0 Å². The lowest BCUT2D eigenvalue weighted by Crippen LogP contribution is -2.47. The lowest BCUT2D eigenvalue weighted by atomic mass is 10.0. The molecule has 26 heavy (non-hydrogen) atoms. The van der Waals surface area contributed by atoms with Crippen LogP contribution in [-0.2, 0) is 9.59 Å². The van der Waals surface area contributed by atoms with Crippen LogP contribution in [0.5, 0.6) is 0 Å². The van der Waals surface area contributed by atoms with Crippen LogP contribution in [0.3, 0.4) is 0 Å². The van der Waals surface area contributed by atoms with Crippen LogP contribution in [0.1, 0.15) is 26.3 Å². The van der Waals surface area contributed by atoms with Crippen molar-refractivity contribution in [1.29, 1.82) is 0 Å². The van der Waals surface area contributed by atoms with Gasteiger partial charge >= 0.3 is 5.97 Å². The van der Waals surface area contributed by atoms with Gasteiger partial charge in [-0.25, -0.2) is 9.78 Å². The molecule has 2 N–H and O–H groups in total. The topological polar surface area (TPSA) is 101 Å². The quantitative estimate of drug-likeness (QED) is 0.729. The van der Waals surface area contributed by atoms with E-state index in [0.717, 1.165) is 0 Å². The summed E-state index contributed by atoms with van der Waals surface area (Å²) in [5.41, 5.74) is 0.237. The Labute approximate surface area is 155 Å². The summed E-state index contributed by atoms with van der Waals surface area (Å²) in [6, 6.07) is 5.09. The maximum atomic E-state index is 12.8. The Bertz CT molecular complexity index is 850. The Morgan fingerprint density at radius 3 is 2.62 bits per heavy atom. The normalized spacial score (nSPS) is 13.5. The summed E-state index contributed by atoms with van der Waals surface area (Å²) in [6.07, 6.45) is 3.54. The van der Waals surface area contributed by atoms with Crippen LogP contribution in [0.25, 0.3) is 10.9 Å². The van der Waals surface area contributed by atoms with Gasteiger partial charge in [-0.15, -0.1) is 0 Å². The van der Waals surface area contributed by atoms with Gasteiger partial charge in [0.2, 0.25) is 5.91 Å². The van der Waals surface area contributed by atoms with Crippen LogP contribution < -0.4 is 10.9 Å². The van der Waals surface area contributed by atoms with Gasteiger partial charge in [-0.2, -0.15) is 11.8 Å². The Kier molecular flexibility index (Phi) is 6.79. The van der Waals surface area contributed by atoms with Gasteiger partial charge < -0.3 is 10.4 Å². The molecule has 0 bridgehead atoms. The average molecular weight is 377 g/mol. The van der Waals surface area contributed by atoms with Crippen LogP contribution in [-0.4, -0.2) is 44.6 Å². The van der Waals surface area contributed by atoms with Gasteiger partial charge in [0.25, 0.3) is 5.56 Å². The van der Waals surface area contributed by atoms with Gasteiger partial charge in [-0.3, -0.25) is 14.2 Å². The molecule has 1 aromatic heterocycles. The van der Waals surface area contributed by atoms with Crippen molar-refractivity contribution >= 4 is 34.5 Å². The summed E-state index contributed by atoms with van der Waals surface area (Å²) in [5.74, 6) is -1.18. The summed E-state index contributed by atoms with van der Waals surface area (Å²) < 4.78 is 1.29. The van der Waals surface area contributed by atoms with Crippen molar-refractivity contribution in [2.45, 2.75) is 32.4 Å². The molecule has 0 saturated carbocycles. The molecule has 0 aliphatic rings. The molecule has 1 amide bonds. The van der Waals surface area contributed by atoms with Crippen molar-refractivity contribution in [1.82, 2.24) is 14.9 Å². The minimum Gasteiger partial charge on any atom is -0.480 e. The third-order valence-corrected chi connectivity index (χ3v) is 4.76. The predicted octanol–water partition coefficient (Wildman–Crippen LogP) is 1.92. The van der Waals surface area contributed by atoms with Crippen molar-refractivity contribution in [3.05, 3.63) is 40.9 Å². The Balaban J connectivity index is 2.36. The fourth-order valence-corrected chi connectivity index (χ4v) is 3.25. The number of carboxylic acid groups (broad SMARTS) is 1. The third-order valence-electron chi connectivity index (χ3n) is 4.12. The molecule has 0 fully saturated rings. The molecule has 0 unspecified atom stereocenters. The van der Waals surface area contributed by atoms with Crippen molar-refractivity contribution in [2.24, 2.45) is 5.92 Å². The van der Waals surface area contributed by atoms with E-state index in [1.54, 1.807) is 24.3 Å². The molecule has 0 spiro atoms. The van der Waals surface area contributed by atoms with Crippen LogP contribution in [0.2, 0.25) is 0 Å². The second-order valence-electron chi connectivity index (χ2n) is 6.34. The number of carbonyl (C=O) groups excluding carboxylic acids is 1. The number of hydrogen-bond donors (Lipinski definition) is 2. The first-order valence-electron chi connectivity index (χ1n) is 8.34. The van der Waals surface area contributed by atoms with Crippen LogP contribution in [0.15, 0.2) is 35.4 Å². The third kappa shape index (κ3) is 4.43. The molecule has 2 aromatic rings. The van der Waals surface area contributed by atoms with E-state index < -0.39 is 24.0 Å². The van der Waals surface area contributed by atoms with Crippen molar-refractivity contribution < 1.29 is 14.7 Å². The first kappa shape index (κ1) is 20.0.